The fourth-order valence-corrected chi connectivity index (χ4v) is 6.29. The van der Waals surface area contributed by atoms with Crippen LogP contribution in [0.5, 0.6) is 11.5 Å². The molecule has 3 aromatic heterocycles. The van der Waals surface area contributed by atoms with Crippen molar-refractivity contribution < 1.29 is 28.2 Å². The summed E-state index contributed by atoms with van der Waals surface area (Å²) < 4.78 is 34.4. The van der Waals surface area contributed by atoms with Crippen molar-refractivity contribution in [3.8, 4) is 22.8 Å². The number of carbonyl (C=O) groups excluding carboxylic acids is 2. The van der Waals surface area contributed by atoms with Crippen LogP contribution in [0.2, 0.25) is 0 Å². The molecule has 0 bridgehead atoms. The Kier molecular flexibility index (Phi) is 9.23. The number of hydrogen-bond donors (Lipinski definition) is 2. The number of hydrogen-bond acceptors (Lipinski definition) is 8. The molecule has 46 heavy (non-hydrogen) atoms. The number of nitrogens with one attached hydrogen (secondary N) is 2. The quantitative estimate of drug-likeness (QED) is 0.195. The molecule has 2 atom stereocenters. The summed E-state index contributed by atoms with van der Waals surface area (Å²) >= 11 is 0. The molecule has 4 heterocycles. The predicted octanol–water partition coefficient (Wildman–Crippen LogP) is 5.96. The van der Waals surface area contributed by atoms with Crippen LogP contribution in [0.4, 0.5) is 15.0 Å². The Bertz CT molecular complexity index is 1740. The summed E-state index contributed by atoms with van der Waals surface area (Å²) in [7, 11) is 3.13. The number of ether oxygens (including phenoxy) is 3. The molecule has 1 aromatic carbocycles. The molecule has 11 nitrogen and oxygen atoms in total. The molecule has 2 amide bonds. The molecule has 0 unspecified atom stereocenters. The third kappa shape index (κ3) is 6.16. The molecule has 4 aromatic rings. The number of pyridine rings is 2. The van der Waals surface area contributed by atoms with Gasteiger partial charge < -0.3 is 29.7 Å². The van der Waals surface area contributed by atoms with E-state index < -0.39 is 11.9 Å². The number of anilines is 1. The third-order valence-electron chi connectivity index (χ3n) is 8.74. The number of halogens is 1. The van der Waals surface area contributed by atoms with Crippen LogP contribution >= 0.6 is 0 Å². The maximum Gasteiger partial charge on any atom is 0.407 e. The zero-order chi connectivity index (χ0) is 32.2. The summed E-state index contributed by atoms with van der Waals surface area (Å²) in [5, 5.41) is 10.8. The monoisotopic (exact) mass is 630 g/mol. The highest BCUT2D eigenvalue weighted by Crippen LogP contribution is 2.39. The van der Waals surface area contributed by atoms with E-state index in [1.54, 1.807) is 42.0 Å². The minimum atomic E-state index is -0.581. The molecule has 12 heteroatoms. The van der Waals surface area contributed by atoms with Gasteiger partial charge in [0.25, 0.3) is 5.91 Å². The molecule has 0 saturated heterocycles. The average molecular weight is 631 g/mol. The standard InChI is InChI=1S/C34H39FN6O5/c1-4-5-16-46-34(43)38-26-11-7-6-10-25(26)37-32-30(35)24-20-40(19-21-13-14-22(44-2)17-28(21)45-3)33(42)29(24)31(39-32)23-18-36-41-15-9-8-12-27(23)41/h8-9,12-15,17-18,25-26H,4-7,10-11,16,19-20H2,1-3H3,(H,37,39)(H,38,43)/t25-,26+/m1/s1. The summed E-state index contributed by atoms with van der Waals surface area (Å²) in [4.78, 5) is 33.0. The van der Waals surface area contributed by atoms with Crippen LogP contribution in [0.1, 0.15) is 66.9 Å². The third-order valence-corrected chi connectivity index (χ3v) is 8.74. The minimum absolute atomic E-state index is 0.0405. The molecule has 0 radical (unpaired) electrons. The lowest BCUT2D eigenvalue weighted by molar-refractivity contribution is 0.0765. The van der Waals surface area contributed by atoms with E-state index in [-0.39, 0.29) is 48.0 Å². The molecule has 1 aliphatic carbocycles. The summed E-state index contributed by atoms with van der Waals surface area (Å²) in [6, 6.07) is 10.5. The van der Waals surface area contributed by atoms with Crippen molar-refractivity contribution in [2.45, 2.75) is 70.6 Å². The van der Waals surface area contributed by atoms with Gasteiger partial charge in [-0.25, -0.2) is 18.7 Å². The van der Waals surface area contributed by atoms with Gasteiger partial charge in [0.15, 0.2) is 11.6 Å². The number of methoxy groups -OCH3 is 2. The topological polar surface area (TPSA) is 119 Å². The number of nitrogens with zero attached hydrogens (tertiary/aromatic N) is 4. The first kappa shape index (κ1) is 31.1. The lowest BCUT2D eigenvalue weighted by Gasteiger charge is -2.33. The second-order valence-electron chi connectivity index (χ2n) is 11.7. The fourth-order valence-electron chi connectivity index (χ4n) is 6.29. The van der Waals surface area contributed by atoms with Crippen LogP contribution in [0.3, 0.4) is 0 Å². The van der Waals surface area contributed by atoms with E-state index in [0.29, 0.717) is 35.8 Å². The number of carbonyl (C=O) groups is 2. The summed E-state index contributed by atoms with van der Waals surface area (Å²) in [6.07, 6.45) is 7.99. The van der Waals surface area contributed by atoms with Crippen molar-refractivity contribution in [2.24, 2.45) is 0 Å². The van der Waals surface area contributed by atoms with E-state index in [9.17, 15) is 9.59 Å². The molecule has 6 rings (SSSR count). The lowest BCUT2D eigenvalue weighted by atomic mass is 9.90. The van der Waals surface area contributed by atoms with E-state index in [0.717, 1.165) is 43.2 Å². The Morgan fingerprint density at radius 3 is 2.72 bits per heavy atom. The number of alkyl carbamates (subject to hydrolysis) is 1. The second-order valence-corrected chi connectivity index (χ2v) is 11.7. The molecular weight excluding hydrogens is 591 g/mol. The van der Waals surface area contributed by atoms with E-state index >= 15 is 4.39 Å². The normalized spacial score (nSPS) is 17.6. The van der Waals surface area contributed by atoms with Crippen LogP contribution < -0.4 is 20.1 Å². The summed E-state index contributed by atoms with van der Waals surface area (Å²) in [6.45, 7) is 2.63. The number of benzene rings is 1. The molecule has 2 N–H and O–H groups in total. The van der Waals surface area contributed by atoms with Gasteiger partial charge in [0, 0.05) is 41.5 Å². The molecular formula is C34H39FN6O5. The highest BCUT2D eigenvalue weighted by Gasteiger charge is 2.38. The zero-order valence-electron chi connectivity index (χ0n) is 26.3. The highest BCUT2D eigenvalue weighted by molar-refractivity contribution is 6.05. The van der Waals surface area contributed by atoms with Crippen LogP contribution in [0.15, 0.2) is 48.8 Å². The van der Waals surface area contributed by atoms with Crippen LogP contribution in [0, 0.1) is 5.82 Å². The average Bonchev–Trinajstić information content (AvgIpc) is 3.65. The van der Waals surface area contributed by atoms with E-state index in [4.69, 9.17) is 19.2 Å². The second kappa shape index (κ2) is 13.6. The number of amides is 2. The fraction of sp³-hybridized carbons (Fsp3) is 0.412. The van der Waals surface area contributed by atoms with Crippen LogP contribution in [0.25, 0.3) is 16.8 Å². The van der Waals surface area contributed by atoms with Gasteiger partial charge in [-0.15, -0.1) is 0 Å². The van der Waals surface area contributed by atoms with Crippen molar-refractivity contribution in [1.82, 2.24) is 24.8 Å². The Labute approximate surface area is 267 Å². The zero-order valence-corrected chi connectivity index (χ0v) is 26.3. The lowest BCUT2D eigenvalue weighted by Crippen LogP contribution is -2.49. The number of fused-ring (bicyclic) bond motifs is 2. The van der Waals surface area contributed by atoms with Gasteiger partial charge >= 0.3 is 6.09 Å². The molecule has 1 fully saturated rings. The highest BCUT2D eigenvalue weighted by atomic mass is 19.1. The largest absolute Gasteiger partial charge is 0.497 e. The van der Waals surface area contributed by atoms with Gasteiger partial charge in [-0.05, 0) is 43.5 Å². The number of rotatable bonds is 11. The summed E-state index contributed by atoms with van der Waals surface area (Å²) in [5.41, 5.74) is 2.95. The van der Waals surface area contributed by atoms with Crippen LogP contribution in [-0.4, -0.2) is 64.4 Å². The Hall–Kier alpha value is -4.87. The first-order valence-electron chi connectivity index (χ1n) is 15.8. The van der Waals surface area contributed by atoms with Gasteiger partial charge in [0.05, 0.1) is 56.4 Å². The molecule has 0 spiro atoms. The van der Waals surface area contributed by atoms with Crippen molar-refractivity contribution in [3.05, 3.63) is 71.3 Å². The molecule has 1 aliphatic heterocycles. The van der Waals surface area contributed by atoms with E-state index in [2.05, 4.69) is 15.7 Å². The minimum Gasteiger partial charge on any atom is -0.497 e. The SMILES string of the molecule is CCCCOC(=O)N[C@H]1CCCC[C@H]1Nc1nc(-c2cnn3ccccc23)c2c(c1F)CN(Cc1ccc(OC)cc1OC)C2=O. The maximum atomic E-state index is 16.5. The van der Waals surface area contributed by atoms with E-state index in [1.807, 2.05) is 37.4 Å². The molecule has 242 valence electrons. The van der Waals surface area contributed by atoms with E-state index in [1.165, 1.54) is 0 Å². The van der Waals surface area contributed by atoms with Gasteiger partial charge in [-0.3, -0.25) is 4.79 Å². The number of aromatic nitrogens is 3. The Morgan fingerprint density at radius 1 is 1.11 bits per heavy atom. The smallest absolute Gasteiger partial charge is 0.407 e. The maximum absolute atomic E-state index is 16.5. The molecule has 2 aliphatic rings. The first-order valence-corrected chi connectivity index (χ1v) is 15.8. The Balaban J connectivity index is 1.36. The van der Waals surface area contributed by atoms with Crippen molar-refractivity contribution in [2.75, 3.05) is 26.1 Å². The summed E-state index contributed by atoms with van der Waals surface area (Å²) in [5.74, 6) is 0.322. The van der Waals surface area contributed by atoms with Gasteiger partial charge in [-0.1, -0.05) is 32.3 Å². The van der Waals surface area contributed by atoms with Gasteiger partial charge in [-0.2, -0.15) is 5.10 Å². The van der Waals surface area contributed by atoms with Gasteiger partial charge in [0.1, 0.15) is 11.5 Å². The first-order chi connectivity index (χ1) is 22.4. The molecule has 1 saturated carbocycles. The van der Waals surface area contributed by atoms with Crippen molar-refractivity contribution in [3.63, 3.8) is 0 Å². The van der Waals surface area contributed by atoms with Crippen molar-refractivity contribution in [1.29, 1.82) is 0 Å². The number of unbranched alkanes of at least 4 members (excludes halogenated alkanes) is 1. The Morgan fingerprint density at radius 2 is 1.93 bits per heavy atom. The van der Waals surface area contributed by atoms with Crippen molar-refractivity contribution >= 4 is 23.3 Å². The van der Waals surface area contributed by atoms with Gasteiger partial charge in [0.2, 0.25) is 0 Å². The van der Waals surface area contributed by atoms with Crippen LogP contribution in [-0.2, 0) is 17.8 Å². The predicted molar refractivity (Wildman–Crippen MR) is 171 cm³/mol.